The van der Waals surface area contributed by atoms with Gasteiger partial charge in [0.2, 0.25) is 0 Å². The highest BCUT2D eigenvalue weighted by Crippen LogP contribution is 2.36. The Labute approximate surface area is 194 Å². The average Bonchev–Trinajstić information content (AvgIpc) is 2.62. The number of ether oxygens (including phenoxy) is 2. The molecule has 0 aliphatic carbocycles. The number of rotatable bonds is 9. The first-order chi connectivity index (χ1) is 15.0. The molecule has 0 saturated heterocycles. The zero-order chi connectivity index (χ0) is 25.4. The fourth-order valence-corrected chi connectivity index (χ4v) is 3.84. The third-order valence-electron chi connectivity index (χ3n) is 3.99. The van der Waals surface area contributed by atoms with Crippen LogP contribution in [0.25, 0.3) is 0 Å². The number of halogens is 3. The predicted molar refractivity (Wildman–Crippen MR) is 117 cm³/mol. The number of carbonyl (C=O) groups excluding carboxylic acids is 2. The van der Waals surface area contributed by atoms with Gasteiger partial charge in [-0.2, -0.15) is 13.2 Å². The first kappa shape index (κ1) is 28.8. The lowest BCUT2D eigenvalue weighted by atomic mass is 10.0. The molecule has 0 aliphatic rings. The van der Waals surface area contributed by atoms with E-state index < -0.39 is 58.6 Å². The minimum atomic E-state index is -4.57. The molecule has 0 spiro atoms. The van der Waals surface area contributed by atoms with Crippen LogP contribution in [0.4, 0.5) is 18.0 Å². The quantitative estimate of drug-likeness (QED) is 0.518. The van der Waals surface area contributed by atoms with Gasteiger partial charge in [0.1, 0.15) is 17.2 Å². The normalized spacial score (nSPS) is 15.3. The number of alkyl halides is 3. The second-order valence-electron chi connectivity index (χ2n) is 9.38. The van der Waals surface area contributed by atoms with Crippen LogP contribution in [-0.2, 0) is 25.1 Å². The number of nitrogens with one attached hydrogen (secondary N) is 1. The van der Waals surface area contributed by atoms with Crippen molar-refractivity contribution in [2.45, 2.75) is 83.7 Å². The molecule has 1 N–H and O–H groups in total. The number of aromatic nitrogens is 2. The molecule has 1 aromatic rings. The lowest BCUT2D eigenvalue weighted by molar-refractivity contribution is -0.157. The van der Waals surface area contributed by atoms with Crippen LogP contribution in [0.1, 0.15) is 66.0 Å². The molecule has 3 atom stereocenters. The van der Waals surface area contributed by atoms with E-state index in [-0.39, 0.29) is 23.6 Å². The second-order valence-corrected chi connectivity index (χ2v) is 11.1. The lowest BCUT2D eigenvalue weighted by Gasteiger charge is -2.26. The number of nitrogens with zero attached hydrogens (tertiary/aromatic N) is 2. The van der Waals surface area contributed by atoms with E-state index in [4.69, 9.17) is 9.47 Å². The summed E-state index contributed by atoms with van der Waals surface area (Å²) in [5, 5.41) is 2.40. The minimum absolute atomic E-state index is 0.0946. The first-order valence-corrected chi connectivity index (χ1v) is 11.9. The van der Waals surface area contributed by atoms with E-state index in [0.717, 1.165) is 6.20 Å². The van der Waals surface area contributed by atoms with E-state index in [1.165, 1.54) is 12.4 Å². The van der Waals surface area contributed by atoms with Crippen LogP contribution in [0, 0.1) is 0 Å². The number of hydrogen-bond donors (Lipinski definition) is 1. The van der Waals surface area contributed by atoms with Crippen LogP contribution in [0.5, 0.6) is 0 Å². The number of alkyl carbamates (subject to hydrolysis) is 1. The van der Waals surface area contributed by atoms with Crippen LogP contribution in [-0.4, -0.2) is 61.2 Å². The van der Waals surface area contributed by atoms with Crippen molar-refractivity contribution in [1.29, 1.82) is 0 Å². The molecule has 188 valence electrons. The van der Waals surface area contributed by atoms with Crippen molar-refractivity contribution >= 4 is 22.9 Å². The second kappa shape index (κ2) is 11.8. The van der Waals surface area contributed by atoms with Gasteiger partial charge in [0.25, 0.3) is 0 Å². The summed E-state index contributed by atoms with van der Waals surface area (Å²) in [7, 11) is -1.69. The summed E-state index contributed by atoms with van der Waals surface area (Å²) >= 11 is 0. The minimum Gasteiger partial charge on any atom is -0.458 e. The summed E-state index contributed by atoms with van der Waals surface area (Å²) in [6.07, 6.45) is -2.51. The van der Waals surface area contributed by atoms with Gasteiger partial charge in [-0.25, -0.2) is 9.59 Å². The predicted octanol–water partition coefficient (Wildman–Crippen LogP) is 3.89. The van der Waals surface area contributed by atoms with E-state index in [2.05, 4.69) is 15.3 Å². The summed E-state index contributed by atoms with van der Waals surface area (Å²) in [6, 6.07) is -1.17. The summed E-state index contributed by atoms with van der Waals surface area (Å²) in [5.41, 5.74) is -1.89. The molecule has 0 radical (unpaired) electrons. The molecule has 33 heavy (non-hydrogen) atoms. The average molecular weight is 496 g/mol. The molecule has 0 aliphatic heterocycles. The van der Waals surface area contributed by atoms with Crippen molar-refractivity contribution in [1.82, 2.24) is 15.3 Å². The molecule has 0 bridgehead atoms. The standard InChI is InChI=1S/C21H32F3N3O5S/c1-19(2,3)31-17(28)15(27-18(29)32-20(4,5)6)8-12-33(30)11-7-14(21(22,23)24)16-13-25-9-10-26-16/h9-10,13-15H,7-8,11-12H2,1-6H3,(H,27,29). The Balaban J connectivity index is 2.78. The molecule has 1 amide bonds. The highest BCUT2D eigenvalue weighted by atomic mass is 32.2. The monoisotopic (exact) mass is 495 g/mol. The summed E-state index contributed by atoms with van der Waals surface area (Å²) in [6.45, 7) is 9.90. The van der Waals surface area contributed by atoms with Crippen LogP contribution in [0.2, 0.25) is 0 Å². The van der Waals surface area contributed by atoms with Crippen molar-refractivity contribution in [2.24, 2.45) is 0 Å². The van der Waals surface area contributed by atoms with Crippen LogP contribution >= 0.6 is 0 Å². The Bertz CT molecular complexity index is 808. The molecular formula is C21H32F3N3O5S. The van der Waals surface area contributed by atoms with Gasteiger partial charge in [-0.3, -0.25) is 14.2 Å². The van der Waals surface area contributed by atoms with Crippen molar-refractivity contribution in [2.75, 3.05) is 11.5 Å². The van der Waals surface area contributed by atoms with E-state index in [0.29, 0.717) is 0 Å². The highest BCUT2D eigenvalue weighted by Gasteiger charge is 2.41. The fraction of sp³-hybridized carbons (Fsp3) is 0.714. The number of hydrogen-bond acceptors (Lipinski definition) is 7. The maximum atomic E-state index is 13.4. The van der Waals surface area contributed by atoms with Crippen molar-refractivity contribution in [3.8, 4) is 0 Å². The molecule has 0 fully saturated rings. The summed E-state index contributed by atoms with van der Waals surface area (Å²) in [4.78, 5) is 32.0. The van der Waals surface area contributed by atoms with Gasteiger partial charge in [0, 0.05) is 40.9 Å². The Hall–Kier alpha value is -2.24. The van der Waals surface area contributed by atoms with Gasteiger partial charge in [-0.15, -0.1) is 0 Å². The third kappa shape index (κ3) is 12.0. The molecule has 0 saturated carbocycles. The highest BCUT2D eigenvalue weighted by molar-refractivity contribution is 7.84. The topological polar surface area (TPSA) is 107 Å². The Morgan fingerprint density at radius 2 is 1.58 bits per heavy atom. The van der Waals surface area contributed by atoms with Gasteiger partial charge in [0.05, 0.1) is 11.6 Å². The molecule has 0 aromatic carbocycles. The maximum absolute atomic E-state index is 13.4. The van der Waals surface area contributed by atoms with E-state index >= 15 is 0 Å². The van der Waals surface area contributed by atoms with E-state index in [1.807, 2.05) is 0 Å². The van der Waals surface area contributed by atoms with E-state index in [9.17, 15) is 27.0 Å². The number of amides is 1. The zero-order valence-corrected chi connectivity index (χ0v) is 20.5. The van der Waals surface area contributed by atoms with Gasteiger partial charge >= 0.3 is 18.2 Å². The molecule has 1 aromatic heterocycles. The summed E-state index contributed by atoms with van der Waals surface area (Å²) < 4.78 is 63.2. The third-order valence-corrected chi connectivity index (χ3v) is 5.37. The molecule has 12 heteroatoms. The number of carbonyl (C=O) groups is 2. The zero-order valence-electron chi connectivity index (χ0n) is 19.7. The molecule has 3 unspecified atom stereocenters. The maximum Gasteiger partial charge on any atom is 0.408 e. The SMILES string of the molecule is CC(C)(C)OC(=O)NC(CCS(=O)CCC(c1cnccn1)C(F)(F)F)C(=O)OC(C)(C)C. The van der Waals surface area contributed by atoms with Crippen molar-refractivity contribution in [3.05, 3.63) is 24.3 Å². The van der Waals surface area contributed by atoms with Gasteiger partial charge < -0.3 is 14.8 Å². The Morgan fingerprint density at radius 3 is 2.06 bits per heavy atom. The van der Waals surface area contributed by atoms with Crippen LogP contribution < -0.4 is 5.32 Å². The smallest absolute Gasteiger partial charge is 0.408 e. The number of esters is 1. The molecule has 1 heterocycles. The van der Waals surface area contributed by atoms with E-state index in [1.54, 1.807) is 41.5 Å². The van der Waals surface area contributed by atoms with Crippen LogP contribution in [0.15, 0.2) is 18.6 Å². The Kier molecular flexibility index (Phi) is 10.3. The molecule has 1 rings (SSSR count). The summed E-state index contributed by atoms with van der Waals surface area (Å²) in [5.74, 6) is -3.05. The molecule has 8 nitrogen and oxygen atoms in total. The first-order valence-electron chi connectivity index (χ1n) is 10.4. The Morgan fingerprint density at radius 1 is 1.00 bits per heavy atom. The van der Waals surface area contributed by atoms with Gasteiger partial charge in [-0.05, 0) is 54.4 Å². The molecular weight excluding hydrogens is 463 g/mol. The van der Waals surface area contributed by atoms with Crippen molar-refractivity contribution < 1.29 is 36.4 Å². The largest absolute Gasteiger partial charge is 0.458 e. The van der Waals surface area contributed by atoms with Gasteiger partial charge in [-0.1, -0.05) is 0 Å². The van der Waals surface area contributed by atoms with Gasteiger partial charge in [0.15, 0.2) is 0 Å². The lowest BCUT2D eigenvalue weighted by Crippen LogP contribution is -2.46. The fourth-order valence-electron chi connectivity index (χ4n) is 2.64. The van der Waals surface area contributed by atoms with Crippen LogP contribution in [0.3, 0.4) is 0 Å². The van der Waals surface area contributed by atoms with Crippen molar-refractivity contribution in [3.63, 3.8) is 0 Å².